The smallest absolute Gasteiger partial charge is 0.252 e. The third kappa shape index (κ3) is 3.41. The number of rotatable bonds is 4. The summed E-state index contributed by atoms with van der Waals surface area (Å²) < 4.78 is 2.76. The van der Waals surface area contributed by atoms with Crippen molar-refractivity contribution in [3.63, 3.8) is 0 Å². The first kappa shape index (κ1) is 12.3. The number of hydrogen-bond donors (Lipinski definition) is 1. The number of nitrogens with one attached hydrogen (secondary N) is 1. The molecule has 0 fully saturated rings. The lowest BCUT2D eigenvalue weighted by Crippen LogP contribution is -2.35. The van der Waals surface area contributed by atoms with Crippen LogP contribution in [0, 0.1) is 0 Å². The molecule has 0 unspecified atom stereocenters. The molecule has 0 bridgehead atoms. The summed E-state index contributed by atoms with van der Waals surface area (Å²) in [6.07, 6.45) is 3.61. The van der Waals surface area contributed by atoms with Crippen molar-refractivity contribution in [2.75, 3.05) is 0 Å². The summed E-state index contributed by atoms with van der Waals surface area (Å²) in [5.41, 5.74) is 0.689. The van der Waals surface area contributed by atoms with Gasteiger partial charge >= 0.3 is 0 Å². The van der Waals surface area contributed by atoms with E-state index in [1.807, 2.05) is 30.6 Å². The molecule has 1 N–H and O–H groups in total. The van der Waals surface area contributed by atoms with Crippen LogP contribution in [0.2, 0.25) is 0 Å². The van der Waals surface area contributed by atoms with E-state index < -0.39 is 0 Å². The Balaban J connectivity index is 1.90. The highest BCUT2D eigenvalue weighted by molar-refractivity contribution is 9.11. The molecule has 6 heteroatoms. The van der Waals surface area contributed by atoms with Gasteiger partial charge in [-0.25, -0.2) is 0 Å². The van der Waals surface area contributed by atoms with Crippen LogP contribution in [-0.2, 0) is 6.54 Å². The van der Waals surface area contributed by atoms with Crippen molar-refractivity contribution in [1.29, 1.82) is 0 Å². The summed E-state index contributed by atoms with van der Waals surface area (Å²) in [5, 5.41) is 8.87. The molecule has 4 nitrogen and oxygen atoms in total. The fourth-order valence-electron chi connectivity index (χ4n) is 1.47. The van der Waals surface area contributed by atoms with E-state index in [9.17, 15) is 4.79 Å². The predicted molar refractivity (Wildman–Crippen MR) is 71.2 cm³/mol. The van der Waals surface area contributed by atoms with Gasteiger partial charge in [-0.1, -0.05) is 0 Å². The molecule has 1 atom stereocenters. The summed E-state index contributed by atoms with van der Waals surface area (Å²) >= 11 is 4.84. The molecule has 0 spiro atoms. The Labute approximate surface area is 112 Å². The van der Waals surface area contributed by atoms with Crippen molar-refractivity contribution in [3.8, 4) is 0 Å². The number of hydrogen-bond acceptors (Lipinski definition) is 3. The summed E-state index contributed by atoms with van der Waals surface area (Å²) in [6.45, 7) is 2.63. The van der Waals surface area contributed by atoms with Crippen LogP contribution in [0.4, 0.5) is 0 Å². The number of thiophene rings is 1. The average Bonchev–Trinajstić information content (AvgIpc) is 2.89. The van der Waals surface area contributed by atoms with Crippen LogP contribution in [0.25, 0.3) is 0 Å². The zero-order valence-corrected chi connectivity index (χ0v) is 11.7. The maximum atomic E-state index is 11.8. The summed E-state index contributed by atoms with van der Waals surface area (Å²) in [6, 6.07) is 3.73. The van der Waals surface area contributed by atoms with E-state index >= 15 is 0 Å². The van der Waals surface area contributed by atoms with Crippen LogP contribution in [0.3, 0.4) is 0 Å². The maximum Gasteiger partial charge on any atom is 0.252 e. The van der Waals surface area contributed by atoms with Crippen LogP contribution < -0.4 is 5.32 Å². The summed E-state index contributed by atoms with van der Waals surface area (Å²) in [4.78, 5) is 11.8. The highest BCUT2D eigenvalue weighted by Gasteiger charge is 2.11. The Kier molecular flexibility index (Phi) is 3.96. The number of halogens is 1. The molecule has 17 heavy (non-hydrogen) atoms. The van der Waals surface area contributed by atoms with Gasteiger partial charge in [-0.3, -0.25) is 9.48 Å². The molecule has 1 amide bonds. The SMILES string of the molecule is C[C@H](Cn1cccn1)NC(=O)c1csc(Br)c1. The second kappa shape index (κ2) is 5.46. The molecular formula is C11H12BrN3OS. The van der Waals surface area contributed by atoms with E-state index in [4.69, 9.17) is 0 Å². The zero-order valence-electron chi connectivity index (χ0n) is 9.26. The topological polar surface area (TPSA) is 46.9 Å². The van der Waals surface area contributed by atoms with Gasteiger partial charge in [0.05, 0.1) is 15.9 Å². The van der Waals surface area contributed by atoms with E-state index in [1.165, 1.54) is 11.3 Å². The Morgan fingerprint density at radius 2 is 2.53 bits per heavy atom. The Bertz CT molecular complexity index is 495. The van der Waals surface area contributed by atoms with Gasteiger partial charge in [-0.2, -0.15) is 5.10 Å². The molecule has 2 heterocycles. The number of amides is 1. The Morgan fingerprint density at radius 1 is 1.71 bits per heavy atom. The number of aromatic nitrogens is 2. The Hall–Kier alpha value is -1.14. The third-order valence-corrected chi connectivity index (χ3v) is 3.73. The molecule has 0 aliphatic heterocycles. The van der Waals surface area contributed by atoms with Gasteiger partial charge in [0, 0.05) is 23.8 Å². The molecule has 2 aromatic rings. The van der Waals surface area contributed by atoms with Crippen LogP contribution in [0.1, 0.15) is 17.3 Å². The van der Waals surface area contributed by atoms with Gasteiger partial charge in [0.1, 0.15) is 0 Å². The standard InChI is InChI=1S/C11H12BrN3OS/c1-8(6-15-4-2-3-13-15)14-11(16)9-5-10(12)17-7-9/h2-5,7-8H,6H2,1H3,(H,14,16)/t8-/m1/s1. The lowest BCUT2D eigenvalue weighted by molar-refractivity contribution is 0.0936. The van der Waals surface area contributed by atoms with E-state index in [2.05, 4.69) is 26.3 Å². The van der Waals surface area contributed by atoms with Crippen molar-refractivity contribution in [2.45, 2.75) is 19.5 Å². The van der Waals surface area contributed by atoms with Gasteiger partial charge in [0.2, 0.25) is 0 Å². The average molecular weight is 314 g/mol. The summed E-state index contributed by atoms with van der Waals surface area (Å²) in [7, 11) is 0. The van der Waals surface area contributed by atoms with Gasteiger partial charge in [-0.15, -0.1) is 11.3 Å². The van der Waals surface area contributed by atoms with Crippen LogP contribution >= 0.6 is 27.3 Å². The second-order valence-corrected chi connectivity index (χ2v) is 6.03. The van der Waals surface area contributed by atoms with Gasteiger partial charge in [0.25, 0.3) is 5.91 Å². The van der Waals surface area contributed by atoms with E-state index in [0.717, 1.165) is 3.79 Å². The monoisotopic (exact) mass is 313 g/mol. The maximum absolute atomic E-state index is 11.8. The minimum absolute atomic E-state index is 0.0427. The zero-order chi connectivity index (χ0) is 12.3. The number of carbonyl (C=O) groups excluding carboxylic acids is 1. The van der Waals surface area contributed by atoms with Gasteiger partial charge in [0.15, 0.2) is 0 Å². The molecule has 90 valence electrons. The lowest BCUT2D eigenvalue weighted by atomic mass is 10.2. The highest BCUT2D eigenvalue weighted by atomic mass is 79.9. The van der Waals surface area contributed by atoms with Crippen LogP contribution in [-0.4, -0.2) is 21.7 Å². The largest absolute Gasteiger partial charge is 0.348 e. The van der Waals surface area contributed by atoms with E-state index in [0.29, 0.717) is 12.1 Å². The molecular weight excluding hydrogens is 302 g/mol. The van der Waals surface area contributed by atoms with E-state index in [1.54, 1.807) is 10.9 Å². The van der Waals surface area contributed by atoms with Crippen LogP contribution in [0.5, 0.6) is 0 Å². The van der Waals surface area contributed by atoms with Gasteiger partial charge in [-0.05, 0) is 35.0 Å². The van der Waals surface area contributed by atoms with Crippen molar-refractivity contribution >= 4 is 33.2 Å². The molecule has 2 rings (SSSR count). The summed E-state index contributed by atoms with van der Waals surface area (Å²) in [5.74, 6) is -0.0494. The third-order valence-electron chi connectivity index (χ3n) is 2.23. The highest BCUT2D eigenvalue weighted by Crippen LogP contribution is 2.20. The predicted octanol–water partition coefficient (Wildman–Crippen LogP) is 2.53. The minimum atomic E-state index is -0.0494. The van der Waals surface area contributed by atoms with Crippen molar-refractivity contribution in [2.24, 2.45) is 0 Å². The van der Waals surface area contributed by atoms with E-state index in [-0.39, 0.29) is 11.9 Å². The second-order valence-electron chi connectivity index (χ2n) is 3.74. The molecule has 0 radical (unpaired) electrons. The fraction of sp³-hybridized carbons (Fsp3) is 0.273. The Morgan fingerprint density at radius 3 is 3.12 bits per heavy atom. The first-order valence-corrected chi connectivity index (χ1v) is 6.85. The first-order valence-electron chi connectivity index (χ1n) is 5.17. The molecule has 0 saturated carbocycles. The van der Waals surface area contributed by atoms with Crippen molar-refractivity contribution in [1.82, 2.24) is 15.1 Å². The van der Waals surface area contributed by atoms with Gasteiger partial charge < -0.3 is 5.32 Å². The number of carbonyl (C=O) groups is 1. The molecule has 2 aromatic heterocycles. The van der Waals surface area contributed by atoms with Crippen molar-refractivity contribution < 1.29 is 4.79 Å². The molecule has 0 aliphatic carbocycles. The fourth-order valence-corrected chi connectivity index (χ4v) is 2.61. The number of nitrogens with zero attached hydrogens (tertiary/aromatic N) is 2. The molecule has 0 aliphatic rings. The molecule has 0 aromatic carbocycles. The first-order chi connectivity index (χ1) is 8.15. The minimum Gasteiger partial charge on any atom is -0.348 e. The normalized spacial score (nSPS) is 12.4. The molecule has 0 saturated heterocycles. The lowest BCUT2D eigenvalue weighted by Gasteiger charge is -2.13. The quantitative estimate of drug-likeness (QED) is 0.943. The van der Waals surface area contributed by atoms with Crippen LogP contribution in [0.15, 0.2) is 33.7 Å². The van der Waals surface area contributed by atoms with Crippen molar-refractivity contribution in [3.05, 3.63) is 39.3 Å².